The molecule has 11 heteroatoms. The monoisotopic (exact) mass is 633 g/mol. The maximum absolute atomic E-state index is 14.1. The van der Waals surface area contributed by atoms with Gasteiger partial charge in [0.25, 0.3) is 10.0 Å². The molecule has 3 aromatic rings. The van der Waals surface area contributed by atoms with Crippen LogP contribution in [0.4, 0.5) is 5.69 Å². The highest BCUT2D eigenvalue weighted by Crippen LogP contribution is 2.29. The molecule has 42 heavy (non-hydrogen) atoms. The van der Waals surface area contributed by atoms with Gasteiger partial charge in [-0.05, 0) is 75.2 Å². The zero-order valence-corrected chi connectivity index (χ0v) is 26.8. The Morgan fingerprint density at radius 3 is 2.07 bits per heavy atom. The average Bonchev–Trinajstić information content (AvgIpc) is 2.95. The van der Waals surface area contributed by atoms with Crippen LogP contribution in [0.1, 0.15) is 38.8 Å². The zero-order valence-electron chi connectivity index (χ0n) is 24.4. The summed E-state index contributed by atoms with van der Waals surface area (Å²) in [6.45, 7) is 9.42. The summed E-state index contributed by atoms with van der Waals surface area (Å²) in [6, 6.07) is 16.9. The van der Waals surface area contributed by atoms with E-state index in [2.05, 4.69) is 5.32 Å². The van der Waals surface area contributed by atoms with Crippen LogP contribution in [0.15, 0.2) is 71.6 Å². The molecule has 0 bridgehead atoms. The Labute approximate surface area is 258 Å². The highest BCUT2D eigenvalue weighted by Gasteiger charge is 2.33. The van der Waals surface area contributed by atoms with E-state index in [1.807, 2.05) is 27.7 Å². The van der Waals surface area contributed by atoms with Crippen LogP contribution in [-0.4, -0.2) is 50.9 Å². The van der Waals surface area contributed by atoms with Crippen molar-refractivity contribution < 1.29 is 22.7 Å². The van der Waals surface area contributed by atoms with Gasteiger partial charge in [0.05, 0.1) is 17.2 Å². The average molecular weight is 635 g/mol. The maximum atomic E-state index is 14.1. The SMILES string of the molecule is CCOc1ccc(S(=O)(=O)N(CC(=O)N(Cc2c(Cl)cccc2Cl)[C@H](C)C(=O)NCC(C)C)c2ccc(C)cc2)cc1. The molecule has 3 rings (SSSR count). The van der Waals surface area contributed by atoms with Gasteiger partial charge in [-0.2, -0.15) is 0 Å². The molecule has 8 nitrogen and oxygen atoms in total. The maximum Gasteiger partial charge on any atom is 0.264 e. The fourth-order valence-electron chi connectivity index (χ4n) is 4.13. The topological polar surface area (TPSA) is 96.0 Å². The van der Waals surface area contributed by atoms with Gasteiger partial charge in [-0.3, -0.25) is 13.9 Å². The van der Waals surface area contributed by atoms with Crippen molar-refractivity contribution in [3.63, 3.8) is 0 Å². The molecule has 0 heterocycles. The minimum atomic E-state index is -4.21. The Morgan fingerprint density at radius 2 is 1.52 bits per heavy atom. The Hall–Kier alpha value is -3.27. The molecule has 0 aliphatic rings. The van der Waals surface area contributed by atoms with Gasteiger partial charge in [0.15, 0.2) is 0 Å². The first-order chi connectivity index (χ1) is 19.8. The summed E-state index contributed by atoms with van der Waals surface area (Å²) in [5.41, 5.74) is 1.68. The van der Waals surface area contributed by atoms with Crippen molar-refractivity contribution in [3.8, 4) is 5.75 Å². The van der Waals surface area contributed by atoms with Crippen LogP contribution in [0.3, 0.4) is 0 Å². The van der Waals surface area contributed by atoms with E-state index in [-0.39, 0.29) is 23.3 Å². The van der Waals surface area contributed by atoms with Crippen LogP contribution in [0.2, 0.25) is 10.0 Å². The van der Waals surface area contributed by atoms with Gasteiger partial charge in [-0.25, -0.2) is 8.42 Å². The van der Waals surface area contributed by atoms with Gasteiger partial charge in [0, 0.05) is 28.7 Å². The second-order valence-electron chi connectivity index (χ2n) is 10.3. The van der Waals surface area contributed by atoms with Gasteiger partial charge in [-0.1, -0.05) is 60.8 Å². The number of carbonyl (C=O) groups is 2. The summed E-state index contributed by atoms with van der Waals surface area (Å²) >= 11 is 12.9. The fraction of sp³-hybridized carbons (Fsp3) is 0.355. The van der Waals surface area contributed by atoms with E-state index in [9.17, 15) is 18.0 Å². The molecule has 1 atom stereocenters. The van der Waals surface area contributed by atoms with E-state index < -0.39 is 28.5 Å². The number of hydrogen-bond donors (Lipinski definition) is 1. The predicted octanol–water partition coefficient (Wildman–Crippen LogP) is 6.09. The smallest absolute Gasteiger partial charge is 0.264 e. The molecule has 226 valence electrons. The Bertz CT molecular complexity index is 1460. The highest BCUT2D eigenvalue weighted by atomic mass is 35.5. The molecule has 2 amide bonds. The van der Waals surface area contributed by atoms with Crippen LogP contribution in [0.25, 0.3) is 0 Å². The number of hydrogen-bond acceptors (Lipinski definition) is 5. The molecule has 0 unspecified atom stereocenters. The molecule has 0 spiro atoms. The van der Waals surface area contributed by atoms with Crippen LogP contribution < -0.4 is 14.4 Å². The van der Waals surface area contributed by atoms with Gasteiger partial charge in [-0.15, -0.1) is 0 Å². The van der Waals surface area contributed by atoms with E-state index in [1.54, 1.807) is 61.5 Å². The molecule has 1 N–H and O–H groups in total. The molecule has 0 aromatic heterocycles. The fourth-order valence-corrected chi connectivity index (χ4v) is 6.06. The van der Waals surface area contributed by atoms with E-state index in [1.165, 1.54) is 17.0 Å². The summed E-state index contributed by atoms with van der Waals surface area (Å²) in [6.07, 6.45) is 0. The molecule has 0 saturated carbocycles. The van der Waals surface area contributed by atoms with Gasteiger partial charge >= 0.3 is 0 Å². The van der Waals surface area contributed by atoms with Gasteiger partial charge < -0.3 is 15.0 Å². The molecular formula is C31H37Cl2N3O5S. The van der Waals surface area contributed by atoms with Crippen molar-refractivity contribution in [2.24, 2.45) is 5.92 Å². The number of ether oxygens (including phenoxy) is 1. The minimum absolute atomic E-state index is 0.0113. The first kappa shape index (κ1) is 33.2. The van der Waals surface area contributed by atoms with E-state index in [0.29, 0.717) is 40.2 Å². The standard InChI is InChI=1S/C31H37Cl2N3O5S/c1-6-41-25-14-16-26(17-15-25)42(39,40)36(24-12-10-22(4)11-13-24)20-30(37)35(23(5)31(38)34-18-21(2)3)19-27-28(32)8-7-9-29(27)33/h7-17,21,23H,6,18-20H2,1-5H3,(H,34,38)/t23-/m1/s1. The second kappa shape index (κ2) is 14.8. The third-order valence-corrected chi connectivity index (χ3v) is 9.06. The third kappa shape index (κ3) is 8.40. The molecule has 0 saturated heterocycles. The normalized spacial score (nSPS) is 12.1. The lowest BCUT2D eigenvalue weighted by Crippen LogP contribution is -2.51. The minimum Gasteiger partial charge on any atom is -0.494 e. The van der Waals surface area contributed by atoms with Crippen molar-refractivity contribution in [2.45, 2.75) is 52.1 Å². The summed E-state index contributed by atoms with van der Waals surface area (Å²) in [7, 11) is -4.21. The van der Waals surface area contributed by atoms with Crippen molar-refractivity contribution in [1.82, 2.24) is 10.2 Å². The van der Waals surface area contributed by atoms with E-state index in [4.69, 9.17) is 27.9 Å². The first-order valence-electron chi connectivity index (χ1n) is 13.7. The number of rotatable bonds is 13. The Morgan fingerprint density at radius 1 is 0.929 bits per heavy atom. The second-order valence-corrected chi connectivity index (χ2v) is 13.0. The number of nitrogens with one attached hydrogen (secondary N) is 1. The summed E-state index contributed by atoms with van der Waals surface area (Å²) in [5.74, 6) is -0.261. The molecule has 3 aromatic carbocycles. The largest absolute Gasteiger partial charge is 0.494 e. The van der Waals surface area contributed by atoms with Gasteiger partial charge in [0.1, 0.15) is 18.3 Å². The van der Waals surface area contributed by atoms with Crippen molar-refractivity contribution >= 4 is 50.7 Å². The number of nitrogens with zero attached hydrogens (tertiary/aromatic N) is 2. The molecule has 0 aliphatic heterocycles. The summed E-state index contributed by atoms with van der Waals surface area (Å²) in [5, 5.41) is 3.51. The van der Waals surface area contributed by atoms with E-state index >= 15 is 0 Å². The Balaban J connectivity index is 2.04. The third-order valence-electron chi connectivity index (χ3n) is 6.57. The lowest BCUT2D eigenvalue weighted by Gasteiger charge is -2.32. The lowest BCUT2D eigenvalue weighted by molar-refractivity contribution is -0.139. The molecule has 0 fully saturated rings. The summed E-state index contributed by atoms with van der Waals surface area (Å²) in [4.78, 5) is 28.5. The van der Waals surface area contributed by atoms with Crippen LogP contribution in [-0.2, 0) is 26.2 Å². The number of amides is 2. The number of benzene rings is 3. The number of sulfonamides is 1. The number of halogens is 2. The first-order valence-corrected chi connectivity index (χ1v) is 15.9. The lowest BCUT2D eigenvalue weighted by atomic mass is 10.1. The van der Waals surface area contributed by atoms with Crippen LogP contribution >= 0.6 is 23.2 Å². The quantitative estimate of drug-likeness (QED) is 0.246. The molecule has 0 radical (unpaired) electrons. The van der Waals surface area contributed by atoms with Crippen molar-refractivity contribution in [2.75, 3.05) is 24.0 Å². The highest BCUT2D eigenvalue weighted by molar-refractivity contribution is 7.92. The molecule has 0 aliphatic carbocycles. The van der Waals surface area contributed by atoms with Crippen molar-refractivity contribution in [3.05, 3.63) is 87.9 Å². The number of carbonyl (C=O) groups excluding carboxylic acids is 2. The van der Waals surface area contributed by atoms with Crippen molar-refractivity contribution in [1.29, 1.82) is 0 Å². The zero-order chi connectivity index (χ0) is 31.0. The summed E-state index contributed by atoms with van der Waals surface area (Å²) < 4.78 is 34.5. The number of aryl methyl sites for hydroxylation is 1. The molecular weight excluding hydrogens is 597 g/mol. The van der Waals surface area contributed by atoms with Crippen LogP contribution in [0, 0.1) is 12.8 Å². The predicted molar refractivity (Wildman–Crippen MR) is 168 cm³/mol. The Kier molecular flexibility index (Phi) is 11.7. The number of anilines is 1. The van der Waals surface area contributed by atoms with Crippen LogP contribution in [0.5, 0.6) is 5.75 Å². The van der Waals surface area contributed by atoms with Gasteiger partial charge in [0.2, 0.25) is 11.8 Å². The van der Waals surface area contributed by atoms with E-state index in [0.717, 1.165) is 9.87 Å².